The third-order valence-corrected chi connectivity index (χ3v) is 4.81. The van der Waals surface area contributed by atoms with E-state index in [9.17, 15) is 4.79 Å². The minimum absolute atomic E-state index is 0.0416. The lowest BCUT2D eigenvalue weighted by Gasteiger charge is -2.14. The Morgan fingerprint density at radius 1 is 1.00 bits per heavy atom. The molecule has 0 fully saturated rings. The van der Waals surface area contributed by atoms with Gasteiger partial charge in [-0.05, 0) is 40.3 Å². The Morgan fingerprint density at radius 3 is 2.36 bits per heavy atom. The minimum Gasteiger partial charge on any atom is -0.449 e. The zero-order valence-electron chi connectivity index (χ0n) is 15.0. The molecule has 0 spiro atoms. The van der Waals surface area contributed by atoms with Gasteiger partial charge in [-0.3, -0.25) is 0 Å². The van der Waals surface area contributed by atoms with Crippen molar-refractivity contribution in [3.8, 4) is 23.0 Å². The number of rotatable bonds is 3. The zero-order chi connectivity index (χ0) is 19.3. The summed E-state index contributed by atoms with van der Waals surface area (Å²) in [6.07, 6.45) is -0.491. The fraction of sp³-hybridized carbons (Fsp3) is 0.130. The van der Waals surface area contributed by atoms with Gasteiger partial charge in [0.05, 0.1) is 6.54 Å². The molecule has 0 atom stereocenters. The molecule has 1 heterocycles. The van der Waals surface area contributed by atoms with Gasteiger partial charge >= 0.3 is 6.09 Å². The number of alkyl carbamates (subject to hydrolysis) is 1. The Hall–Kier alpha value is -3.29. The van der Waals surface area contributed by atoms with Crippen molar-refractivity contribution in [1.29, 1.82) is 0 Å². The second-order valence-corrected chi connectivity index (χ2v) is 6.71. The number of ether oxygens (including phenoxy) is 1. The van der Waals surface area contributed by atoms with Gasteiger partial charge in [-0.1, -0.05) is 72.1 Å². The van der Waals surface area contributed by atoms with Gasteiger partial charge in [-0.15, -0.1) is 0 Å². The number of hydrogen-bond donors (Lipinski definition) is 1. The highest BCUT2D eigenvalue weighted by molar-refractivity contribution is 6.29. The first-order chi connectivity index (χ1) is 13.7. The number of aromatic nitrogens is 1. The van der Waals surface area contributed by atoms with Crippen LogP contribution in [0.5, 0.6) is 0 Å². The number of halogens is 1. The number of nitrogens with zero attached hydrogens (tertiary/aromatic N) is 1. The molecule has 5 heteroatoms. The number of pyridine rings is 1. The number of carbonyl (C=O) groups is 1. The molecule has 3 aromatic rings. The molecule has 0 aliphatic heterocycles. The monoisotopic (exact) mass is 388 g/mol. The van der Waals surface area contributed by atoms with Crippen LogP contribution < -0.4 is 5.32 Å². The van der Waals surface area contributed by atoms with Crippen molar-refractivity contribution in [1.82, 2.24) is 10.3 Å². The van der Waals surface area contributed by atoms with Crippen LogP contribution in [-0.4, -0.2) is 24.2 Å². The van der Waals surface area contributed by atoms with Crippen molar-refractivity contribution in [2.24, 2.45) is 0 Å². The first-order valence-corrected chi connectivity index (χ1v) is 9.30. The molecule has 28 heavy (non-hydrogen) atoms. The quantitative estimate of drug-likeness (QED) is 0.526. The molecule has 1 aliphatic rings. The van der Waals surface area contributed by atoms with E-state index in [2.05, 4.69) is 46.4 Å². The van der Waals surface area contributed by atoms with Crippen molar-refractivity contribution in [2.45, 2.75) is 5.92 Å². The molecule has 1 amide bonds. The largest absolute Gasteiger partial charge is 0.449 e. The van der Waals surface area contributed by atoms with Crippen molar-refractivity contribution in [2.75, 3.05) is 13.2 Å². The van der Waals surface area contributed by atoms with Crippen LogP contribution in [0.15, 0.2) is 66.7 Å². The van der Waals surface area contributed by atoms with Gasteiger partial charge in [-0.25, -0.2) is 9.78 Å². The summed E-state index contributed by atoms with van der Waals surface area (Å²) in [4.78, 5) is 16.1. The summed E-state index contributed by atoms with van der Waals surface area (Å²) in [7, 11) is 0. The van der Waals surface area contributed by atoms with Gasteiger partial charge in [-0.2, -0.15) is 0 Å². The van der Waals surface area contributed by atoms with E-state index in [0.29, 0.717) is 10.8 Å². The number of hydrogen-bond acceptors (Lipinski definition) is 3. The fourth-order valence-corrected chi connectivity index (χ4v) is 3.54. The molecule has 0 saturated carbocycles. The summed E-state index contributed by atoms with van der Waals surface area (Å²) in [6, 6.07) is 21.7. The summed E-state index contributed by atoms with van der Waals surface area (Å²) in [5, 5.41) is 3.03. The number of nitrogens with one attached hydrogen (secondary N) is 1. The Bertz CT molecular complexity index is 1040. The molecule has 0 unspecified atom stereocenters. The van der Waals surface area contributed by atoms with Crippen LogP contribution in [0.4, 0.5) is 4.79 Å². The van der Waals surface area contributed by atoms with Crippen molar-refractivity contribution < 1.29 is 9.53 Å². The Balaban J connectivity index is 1.35. The highest BCUT2D eigenvalue weighted by Gasteiger charge is 2.28. The van der Waals surface area contributed by atoms with Gasteiger partial charge < -0.3 is 10.1 Å². The third kappa shape index (κ3) is 3.85. The molecule has 1 aromatic heterocycles. The average molecular weight is 389 g/mol. The van der Waals surface area contributed by atoms with E-state index in [4.69, 9.17) is 16.3 Å². The molecule has 0 radical (unpaired) electrons. The summed E-state index contributed by atoms with van der Waals surface area (Å²) in [5.74, 6) is 5.73. The second kappa shape index (κ2) is 8.16. The van der Waals surface area contributed by atoms with E-state index >= 15 is 0 Å². The fourth-order valence-electron chi connectivity index (χ4n) is 3.38. The maximum absolute atomic E-state index is 12.1. The average Bonchev–Trinajstić information content (AvgIpc) is 3.04. The Morgan fingerprint density at radius 2 is 1.68 bits per heavy atom. The molecule has 1 aliphatic carbocycles. The third-order valence-electron chi connectivity index (χ3n) is 4.60. The summed E-state index contributed by atoms with van der Waals surface area (Å²) in [5.41, 5.74) is 5.33. The van der Waals surface area contributed by atoms with Crippen LogP contribution >= 0.6 is 11.6 Å². The van der Waals surface area contributed by atoms with Crippen molar-refractivity contribution >= 4 is 17.7 Å². The topological polar surface area (TPSA) is 51.2 Å². The van der Waals surface area contributed by atoms with Gasteiger partial charge in [0.15, 0.2) is 0 Å². The Labute approximate surface area is 168 Å². The standard InChI is InChI=1S/C23H17ClN2O2/c24-22-13-5-7-16(26-22)8-6-14-25-23(27)28-15-21-19-11-3-1-9-17(19)18-10-2-4-12-20(18)21/h1-5,7,9-13,21H,14-15H2,(H,25,27). The van der Waals surface area contributed by atoms with E-state index in [0.717, 1.165) is 0 Å². The van der Waals surface area contributed by atoms with Crippen LogP contribution in [-0.2, 0) is 4.74 Å². The van der Waals surface area contributed by atoms with E-state index in [1.54, 1.807) is 18.2 Å². The maximum Gasteiger partial charge on any atom is 0.407 e. The summed E-state index contributed by atoms with van der Waals surface area (Å²) < 4.78 is 5.46. The van der Waals surface area contributed by atoms with Crippen LogP contribution in [0.2, 0.25) is 5.15 Å². The molecule has 0 bridgehead atoms. The van der Waals surface area contributed by atoms with Crippen LogP contribution in [0.3, 0.4) is 0 Å². The number of carbonyl (C=O) groups excluding carboxylic acids is 1. The van der Waals surface area contributed by atoms with Crippen molar-refractivity contribution in [3.63, 3.8) is 0 Å². The van der Waals surface area contributed by atoms with Crippen LogP contribution in [0.1, 0.15) is 22.7 Å². The maximum atomic E-state index is 12.1. The number of benzene rings is 2. The molecule has 4 nitrogen and oxygen atoms in total. The van der Waals surface area contributed by atoms with E-state index < -0.39 is 6.09 Å². The minimum atomic E-state index is -0.491. The van der Waals surface area contributed by atoms with Gasteiger partial charge in [0.1, 0.15) is 17.5 Å². The van der Waals surface area contributed by atoms with E-state index in [1.165, 1.54) is 22.3 Å². The van der Waals surface area contributed by atoms with E-state index in [1.807, 2.05) is 24.3 Å². The number of fused-ring (bicyclic) bond motifs is 3. The molecular formula is C23H17ClN2O2. The van der Waals surface area contributed by atoms with E-state index in [-0.39, 0.29) is 19.1 Å². The molecule has 1 N–H and O–H groups in total. The summed E-state index contributed by atoms with van der Waals surface area (Å²) >= 11 is 5.81. The highest BCUT2D eigenvalue weighted by Crippen LogP contribution is 2.44. The SMILES string of the molecule is O=C(NCC#Cc1cccc(Cl)n1)OCC1c2ccccc2-c2ccccc21. The molecule has 2 aromatic carbocycles. The second-order valence-electron chi connectivity index (χ2n) is 6.33. The predicted molar refractivity (Wildman–Crippen MR) is 109 cm³/mol. The lowest BCUT2D eigenvalue weighted by atomic mass is 9.98. The Kier molecular flexibility index (Phi) is 5.27. The lowest BCUT2D eigenvalue weighted by Crippen LogP contribution is -2.26. The van der Waals surface area contributed by atoms with Gasteiger partial charge in [0.2, 0.25) is 0 Å². The molecule has 138 valence electrons. The lowest BCUT2D eigenvalue weighted by molar-refractivity contribution is 0.144. The summed E-state index contributed by atoms with van der Waals surface area (Å²) in [6.45, 7) is 0.452. The van der Waals surface area contributed by atoms with Gasteiger partial charge in [0.25, 0.3) is 0 Å². The molecular weight excluding hydrogens is 372 g/mol. The van der Waals surface area contributed by atoms with Crippen molar-refractivity contribution in [3.05, 3.63) is 88.7 Å². The first-order valence-electron chi connectivity index (χ1n) is 8.92. The molecule has 0 saturated heterocycles. The van der Waals surface area contributed by atoms with Crippen LogP contribution in [0.25, 0.3) is 11.1 Å². The van der Waals surface area contributed by atoms with Gasteiger partial charge in [0, 0.05) is 5.92 Å². The molecule has 4 rings (SSSR count). The zero-order valence-corrected chi connectivity index (χ0v) is 15.7. The number of amides is 1. The first kappa shape index (κ1) is 18.1. The smallest absolute Gasteiger partial charge is 0.407 e. The normalized spacial score (nSPS) is 11.8. The predicted octanol–water partition coefficient (Wildman–Crippen LogP) is 4.63. The highest BCUT2D eigenvalue weighted by atomic mass is 35.5. The van der Waals surface area contributed by atoms with Crippen LogP contribution in [0, 0.1) is 11.8 Å².